The van der Waals surface area contributed by atoms with Crippen LogP contribution in [0.2, 0.25) is 0 Å². The van der Waals surface area contributed by atoms with Crippen LogP contribution >= 0.6 is 11.3 Å². The van der Waals surface area contributed by atoms with E-state index in [-0.39, 0.29) is 18.0 Å². The highest BCUT2D eigenvalue weighted by atomic mass is 32.1. The lowest BCUT2D eigenvalue weighted by Gasteiger charge is -2.26. The van der Waals surface area contributed by atoms with E-state index in [4.69, 9.17) is 9.72 Å². The summed E-state index contributed by atoms with van der Waals surface area (Å²) in [7, 11) is 1.75. The molecule has 1 N–H and O–H groups in total. The fourth-order valence-electron chi connectivity index (χ4n) is 4.04. The molecular weight excluding hydrogens is 438 g/mol. The number of hydrogen-bond donors (Lipinski definition) is 1. The zero-order valence-corrected chi connectivity index (χ0v) is 19.2. The molecule has 1 aliphatic heterocycles. The minimum absolute atomic E-state index is 0.118. The quantitative estimate of drug-likeness (QED) is 0.474. The van der Waals surface area contributed by atoms with Gasteiger partial charge in [-0.3, -0.25) is 13.9 Å². The zero-order chi connectivity index (χ0) is 22.8. The van der Waals surface area contributed by atoms with Crippen molar-refractivity contribution in [3.63, 3.8) is 0 Å². The first kappa shape index (κ1) is 21.4. The Balaban J connectivity index is 1.21. The Kier molecular flexibility index (Phi) is 5.97. The van der Waals surface area contributed by atoms with Gasteiger partial charge in [-0.15, -0.1) is 11.3 Å². The van der Waals surface area contributed by atoms with Crippen molar-refractivity contribution >= 4 is 39.1 Å². The second-order valence-corrected chi connectivity index (χ2v) is 8.81. The molecule has 2 aromatic carbocycles. The maximum atomic E-state index is 12.5. The molecule has 4 aromatic rings. The molecule has 170 valence electrons. The molecule has 0 spiro atoms. The number of anilines is 2. The van der Waals surface area contributed by atoms with Crippen LogP contribution in [-0.2, 0) is 23.1 Å². The van der Waals surface area contributed by atoms with Gasteiger partial charge in [0, 0.05) is 49.7 Å². The standard InChI is InChI=1S/C24H25N5O3S/c1-27-20-4-2-3-5-21(20)29(24(27)31)11-10-22(30)25-18-8-6-17(7-9-18)19-16-33-23(26-19)28-12-14-32-15-13-28/h2-9,16H,10-15H2,1H3,(H,25,30). The van der Waals surface area contributed by atoms with Gasteiger partial charge >= 0.3 is 5.69 Å². The molecule has 3 heterocycles. The molecule has 0 unspecified atom stereocenters. The van der Waals surface area contributed by atoms with Crippen LogP contribution in [0.3, 0.4) is 0 Å². The van der Waals surface area contributed by atoms with E-state index in [0.717, 1.165) is 59.4 Å². The summed E-state index contributed by atoms with van der Waals surface area (Å²) < 4.78 is 8.66. The number of morpholine rings is 1. The molecule has 0 atom stereocenters. The molecule has 8 nitrogen and oxygen atoms in total. The van der Waals surface area contributed by atoms with E-state index in [0.29, 0.717) is 6.54 Å². The van der Waals surface area contributed by atoms with E-state index in [1.54, 1.807) is 27.5 Å². The van der Waals surface area contributed by atoms with Gasteiger partial charge in [-0.25, -0.2) is 9.78 Å². The van der Waals surface area contributed by atoms with E-state index in [9.17, 15) is 9.59 Å². The number of amides is 1. The lowest BCUT2D eigenvalue weighted by molar-refractivity contribution is -0.116. The van der Waals surface area contributed by atoms with E-state index < -0.39 is 0 Å². The highest BCUT2D eigenvalue weighted by Gasteiger charge is 2.15. The predicted octanol–water partition coefficient (Wildman–Crippen LogP) is 3.33. The number of para-hydroxylation sites is 2. The van der Waals surface area contributed by atoms with E-state index in [2.05, 4.69) is 15.6 Å². The molecule has 1 fully saturated rings. The summed E-state index contributed by atoms with van der Waals surface area (Å²) in [5, 5.41) is 5.99. The third-order valence-electron chi connectivity index (χ3n) is 5.85. The van der Waals surface area contributed by atoms with Crippen molar-refractivity contribution in [3.8, 4) is 11.3 Å². The van der Waals surface area contributed by atoms with Crippen LogP contribution in [0.25, 0.3) is 22.3 Å². The molecule has 1 saturated heterocycles. The van der Waals surface area contributed by atoms with Crippen molar-refractivity contribution in [2.75, 3.05) is 36.5 Å². The summed E-state index contributed by atoms with van der Waals surface area (Å²) in [6.45, 7) is 3.52. The number of thiazole rings is 1. The Morgan fingerprint density at radius 1 is 1.09 bits per heavy atom. The minimum atomic E-state index is -0.133. The Hall–Kier alpha value is -3.43. The van der Waals surface area contributed by atoms with Crippen LogP contribution in [0.4, 0.5) is 10.8 Å². The van der Waals surface area contributed by atoms with E-state index >= 15 is 0 Å². The number of fused-ring (bicyclic) bond motifs is 1. The first-order valence-corrected chi connectivity index (χ1v) is 11.8. The molecule has 0 aliphatic carbocycles. The fraction of sp³-hybridized carbons (Fsp3) is 0.292. The number of hydrogen-bond acceptors (Lipinski definition) is 6. The van der Waals surface area contributed by atoms with Crippen LogP contribution in [0, 0.1) is 0 Å². The summed E-state index contributed by atoms with van der Waals surface area (Å²) in [5.74, 6) is -0.133. The van der Waals surface area contributed by atoms with E-state index in [1.807, 2.05) is 48.5 Å². The highest BCUT2D eigenvalue weighted by molar-refractivity contribution is 7.14. The number of rotatable bonds is 6. The Bertz CT molecular complexity index is 1330. The van der Waals surface area contributed by atoms with Crippen molar-refractivity contribution in [1.29, 1.82) is 0 Å². The van der Waals surface area contributed by atoms with Crippen LogP contribution < -0.4 is 15.9 Å². The summed E-state index contributed by atoms with van der Waals surface area (Å²) >= 11 is 1.63. The van der Waals surface area contributed by atoms with Crippen molar-refractivity contribution in [2.24, 2.45) is 7.05 Å². The number of carbonyl (C=O) groups is 1. The number of aryl methyl sites for hydroxylation is 2. The van der Waals surface area contributed by atoms with Gasteiger partial charge in [0.1, 0.15) is 0 Å². The van der Waals surface area contributed by atoms with Gasteiger partial charge < -0.3 is 15.0 Å². The van der Waals surface area contributed by atoms with Gasteiger partial charge in [0.2, 0.25) is 5.91 Å². The first-order valence-electron chi connectivity index (χ1n) is 10.9. The molecule has 0 bridgehead atoms. The largest absolute Gasteiger partial charge is 0.378 e. The smallest absolute Gasteiger partial charge is 0.328 e. The zero-order valence-electron chi connectivity index (χ0n) is 18.4. The minimum Gasteiger partial charge on any atom is -0.378 e. The fourth-order valence-corrected chi connectivity index (χ4v) is 4.93. The highest BCUT2D eigenvalue weighted by Crippen LogP contribution is 2.28. The van der Waals surface area contributed by atoms with E-state index in [1.165, 1.54) is 0 Å². The van der Waals surface area contributed by atoms with Crippen LogP contribution in [0.15, 0.2) is 58.7 Å². The maximum absolute atomic E-state index is 12.5. The third-order valence-corrected chi connectivity index (χ3v) is 6.75. The van der Waals surface area contributed by atoms with Crippen LogP contribution in [-0.4, -0.2) is 46.3 Å². The van der Waals surface area contributed by atoms with Crippen molar-refractivity contribution < 1.29 is 9.53 Å². The lowest BCUT2D eigenvalue weighted by Crippen LogP contribution is -2.36. The van der Waals surface area contributed by atoms with Gasteiger partial charge in [0.15, 0.2) is 5.13 Å². The Labute approximate surface area is 195 Å². The monoisotopic (exact) mass is 463 g/mol. The second-order valence-electron chi connectivity index (χ2n) is 7.97. The van der Waals surface area contributed by atoms with Crippen LogP contribution in [0.1, 0.15) is 6.42 Å². The van der Waals surface area contributed by atoms with Crippen molar-refractivity contribution in [1.82, 2.24) is 14.1 Å². The number of aromatic nitrogens is 3. The predicted molar refractivity (Wildman–Crippen MR) is 131 cm³/mol. The number of nitrogens with zero attached hydrogens (tertiary/aromatic N) is 4. The summed E-state index contributed by atoms with van der Waals surface area (Å²) in [5.41, 5.74) is 4.23. The van der Waals surface area contributed by atoms with Gasteiger partial charge in [-0.2, -0.15) is 0 Å². The van der Waals surface area contributed by atoms with Crippen molar-refractivity contribution in [2.45, 2.75) is 13.0 Å². The molecule has 1 aliphatic rings. The molecule has 1 amide bonds. The third kappa shape index (κ3) is 4.42. The second kappa shape index (κ2) is 9.21. The molecule has 0 saturated carbocycles. The number of nitrogens with one attached hydrogen (secondary N) is 1. The summed E-state index contributed by atoms with van der Waals surface area (Å²) in [6, 6.07) is 15.3. The van der Waals surface area contributed by atoms with Gasteiger partial charge in [-0.05, 0) is 24.3 Å². The Morgan fingerprint density at radius 2 is 1.82 bits per heavy atom. The SMILES string of the molecule is Cn1c(=O)n(CCC(=O)Nc2ccc(-c3csc(N4CCOCC4)n3)cc2)c2ccccc21. The number of ether oxygens (including phenoxy) is 1. The first-order chi connectivity index (χ1) is 16.1. The maximum Gasteiger partial charge on any atom is 0.328 e. The van der Waals surface area contributed by atoms with Crippen molar-refractivity contribution in [3.05, 3.63) is 64.4 Å². The molecule has 33 heavy (non-hydrogen) atoms. The topological polar surface area (TPSA) is 81.4 Å². The molecule has 2 aromatic heterocycles. The molecule has 5 rings (SSSR count). The number of benzene rings is 2. The Morgan fingerprint density at radius 3 is 2.58 bits per heavy atom. The average Bonchev–Trinajstić information content (AvgIpc) is 3.43. The van der Waals surface area contributed by atoms with Gasteiger partial charge in [-0.1, -0.05) is 24.3 Å². The number of carbonyl (C=O) groups excluding carboxylic acids is 1. The van der Waals surface area contributed by atoms with Gasteiger partial charge in [0.05, 0.1) is 29.9 Å². The average molecular weight is 464 g/mol. The lowest BCUT2D eigenvalue weighted by atomic mass is 10.1. The number of imidazole rings is 1. The normalized spacial score (nSPS) is 14.0. The summed E-state index contributed by atoms with van der Waals surface area (Å²) in [6.07, 6.45) is 0.213. The van der Waals surface area contributed by atoms with Crippen LogP contribution in [0.5, 0.6) is 0 Å². The van der Waals surface area contributed by atoms with Gasteiger partial charge in [0.25, 0.3) is 0 Å². The molecule has 9 heteroatoms. The molecule has 0 radical (unpaired) electrons. The summed E-state index contributed by atoms with van der Waals surface area (Å²) in [4.78, 5) is 32.0. The molecular formula is C24H25N5O3S.